The molecule has 4 nitrogen and oxygen atoms in total. The van der Waals surface area contributed by atoms with E-state index in [-0.39, 0.29) is 6.61 Å². The summed E-state index contributed by atoms with van der Waals surface area (Å²) in [7, 11) is -3.59. The molecule has 0 bridgehead atoms. The van der Waals surface area contributed by atoms with E-state index < -0.39 is 10.0 Å². The molecule has 0 spiro atoms. The number of aliphatic hydroxyl groups excluding tert-OH is 1. The van der Waals surface area contributed by atoms with E-state index in [2.05, 4.69) is 4.72 Å². The highest BCUT2D eigenvalue weighted by Gasteiger charge is 2.05. The molecule has 0 unspecified atom stereocenters. The number of halogens is 1. The quantitative estimate of drug-likeness (QED) is 0.887. The number of nitrogens with one attached hydrogen (secondary N) is 1. The second-order valence-electron chi connectivity index (χ2n) is 4.36. The monoisotopic (exact) mass is 323 g/mol. The van der Waals surface area contributed by atoms with E-state index in [1.807, 2.05) is 0 Å². The lowest BCUT2D eigenvalue weighted by atomic mass is 10.2. The van der Waals surface area contributed by atoms with E-state index >= 15 is 0 Å². The van der Waals surface area contributed by atoms with E-state index in [4.69, 9.17) is 16.7 Å². The smallest absolute Gasteiger partial charge is 0.255 e. The van der Waals surface area contributed by atoms with E-state index in [0.29, 0.717) is 10.7 Å². The van der Waals surface area contributed by atoms with Crippen molar-refractivity contribution in [2.24, 2.45) is 0 Å². The molecule has 0 fully saturated rings. The van der Waals surface area contributed by atoms with Gasteiger partial charge < -0.3 is 5.11 Å². The molecule has 0 saturated heterocycles. The van der Waals surface area contributed by atoms with Crippen LogP contribution in [0.1, 0.15) is 11.1 Å². The van der Waals surface area contributed by atoms with Crippen LogP contribution in [-0.4, -0.2) is 13.5 Å². The van der Waals surface area contributed by atoms with Crippen molar-refractivity contribution < 1.29 is 13.5 Å². The number of anilines is 1. The molecule has 2 aromatic carbocycles. The van der Waals surface area contributed by atoms with Crippen LogP contribution in [0.15, 0.2) is 53.9 Å². The Morgan fingerprint density at radius 1 is 1.05 bits per heavy atom. The third kappa shape index (κ3) is 4.90. The van der Waals surface area contributed by atoms with E-state index in [1.165, 1.54) is 6.08 Å². The summed E-state index contributed by atoms with van der Waals surface area (Å²) >= 11 is 5.76. The molecule has 2 rings (SSSR count). The maximum Gasteiger partial charge on any atom is 0.255 e. The Morgan fingerprint density at radius 3 is 2.24 bits per heavy atom. The first kappa shape index (κ1) is 15.6. The Bertz CT molecular complexity index is 723. The number of sulfonamides is 1. The van der Waals surface area contributed by atoms with Crippen LogP contribution >= 0.6 is 11.6 Å². The van der Waals surface area contributed by atoms with Gasteiger partial charge in [-0.15, -0.1) is 0 Å². The third-order valence-electron chi connectivity index (χ3n) is 2.71. The van der Waals surface area contributed by atoms with E-state index in [9.17, 15) is 8.42 Å². The minimum atomic E-state index is -3.59. The van der Waals surface area contributed by atoms with E-state index in [0.717, 1.165) is 16.5 Å². The van der Waals surface area contributed by atoms with E-state index in [1.54, 1.807) is 48.5 Å². The molecule has 0 aliphatic rings. The Hall–Kier alpha value is -1.82. The molecular formula is C15H14ClNO3S. The highest BCUT2D eigenvalue weighted by molar-refractivity contribution is 7.95. The molecule has 0 amide bonds. The summed E-state index contributed by atoms with van der Waals surface area (Å²) in [5, 5.41) is 10.6. The fraction of sp³-hybridized carbons (Fsp3) is 0.0667. The van der Waals surface area contributed by atoms with Crippen LogP contribution in [0.4, 0.5) is 5.69 Å². The van der Waals surface area contributed by atoms with Crippen LogP contribution in [0.3, 0.4) is 0 Å². The second kappa shape index (κ2) is 6.76. The topological polar surface area (TPSA) is 66.4 Å². The van der Waals surface area contributed by atoms with Gasteiger partial charge in [-0.3, -0.25) is 4.72 Å². The zero-order chi connectivity index (χ0) is 15.3. The maximum atomic E-state index is 11.9. The fourth-order valence-electron chi connectivity index (χ4n) is 1.62. The zero-order valence-electron chi connectivity index (χ0n) is 11.0. The molecule has 0 radical (unpaired) electrons. The lowest BCUT2D eigenvalue weighted by molar-refractivity contribution is 0.282. The van der Waals surface area contributed by atoms with Gasteiger partial charge in [0.2, 0.25) is 0 Å². The summed E-state index contributed by atoms with van der Waals surface area (Å²) in [5.41, 5.74) is 1.89. The lowest BCUT2D eigenvalue weighted by Crippen LogP contribution is -2.08. The van der Waals surface area contributed by atoms with Gasteiger partial charge in [-0.25, -0.2) is 8.42 Å². The molecule has 0 aliphatic heterocycles. The zero-order valence-corrected chi connectivity index (χ0v) is 12.6. The molecular weight excluding hydrogens is 310 g/mol. The van der Waals surface area contributed by atoms with Gasteiger partial charge >= 0.3 is 0 Å². The average molecular weight is 324 g/mol. The Morgan fingerprint density at radius 2 is 1.67 bits per heavy atom. The molecule has 2 aromatic rings. The molecule has 0 aromatic heterocycles. The van der Waals surface area contributed by atoms with Gasteiger partial charge in [-0.05, 0) is 41.5 Å². The number of hydrogen-bond acceptors (Lipinski definition) is 3. The summed E-state index contributed by atoms with van der Waals surface area (Å²) in [6.45, 7) is -0.0799. The summed E-state index contributed by atoms with van der Waals surface area (Å²) in [6, 6.07) is 13.3. The molecule has 0 aliphatic carbocycles. The van der Waals surface area contributed by atoms with Crippen LogP contribution in [0.2, 0.25) is 5.02 Å². The van der Waals surface area contributed by atoms with Crippen LogP contribution in [0, 0.1) is 0 Å². The summed E-state index contributed by atoms with van der Waals surface area (Å²) < 4.78 is 26.3. The van der Waals surface area contributed by atoms with Crippen LogP contribution in [0.25, 0.3) is 6.08 Å². The molecule has 6 heteroatoms. The standard InChI is InChI=1S/C15H14ClNO3S/c16-14-5-1-12(2-6-14)9-10-21(19,20)17-15-7-3-13(11-18)4-8-15/h1-10,17-18H,11H2. The van der Waals surface area contributed by atoms with Gasteiger partial charge in [0.05, 0.1) is 12.0 Å². The molecule has 110 valence electrons. The first-order valence-corrected chi connectivity index (χ1v) is 8.07. The predicted molar refractivity (Wildman–Crippen MR) is 85.4 cm³/mol. The maximum absolute atomic E-state index is 11.9. The Balaban J connectivity index is 2.08. The number of rotatable bonds is 5. The van der Waals surface area contributed by atoms with Crippen molar-refractivity contribution in [3.05, 3.63) is 70.1 Å². The highest BCUT2D eigenvalue weighted by Crippen LogP contribution is 2.14. The van der Waals surface area contributed by atoms with Crippen molar-refractivity contribution in [1.82, 2.24) is 0 Å². The number of benzene rings is 2. The van der Waals surface area contributed by atoms with Gasteiger partial charge in [-0.1, -0.05) is 35.9 Å². The van der Waals surface area contributed by atoms with Crippen molar-refractivity contribution in [1.29, 1.82) is 0 Å². The van der Waals surface area contributed by atoms with Crippen LogP contribution in [0.5, 0.6) is 0 Å². The van der Waals surface area contributed by atoms with Crippen LogP contribution in [-0.2, 0) is 16.6 Å². The van der Waals surface area contributed by atoms with Gasteiger partial charge in [0.1, 0.15) is 0 Å². The van der Waals surface area contributed by atoms with Gasteiger partial charge in [0, 0.05) is 10.7 Å². The van der Waals surface area contributed by atoms with Gasteiger partial charge in [0.25, 0.3) is 10.0 Å². The van der Waals surface area contributed by atoms with Crippen molar-refractivity contribution in [3.8, 4) is 0 Å². The average Bonchev–Trinajstić information content (AvgIpc) is 2.47. The predicted octanol–water partition coefficient (Wildman–Crippen LogP) is 3.24. The number of aliphatic hydroxyl groups is 1. The van der Waals surface area contributed by atoms with Crippen LogP contribution < -0.4 is 4.72 Å². The molecule has 0 atom stereocenters. The van der Waals surface area contributed by atoms with Crippen molar-refractivity contribution in [2.75, 3.05) is 4.72 Å². The Labute approximate surface area is 128 Å². The highest BCUT2D eigenvalue weighted by atomic mass is 35.5. The second-order valence-corrected chi connectivity index (χ2v) is 6.36. The van der Waals surface area contributed by atoms with Crippen molar-refractivity contribution >= 4 is 33.4 Å². The summed E-state index contributed by atoms with van der Waals surface area (Å²) in [5.74, 6) is 0. The summed E-state index contributed by atoms with van der Waals surface area (Å²) in [4.78, 5) is 0. The SMILES string of the molecule is O=S(=O)(C=Cc1ccc(Cl)cc1)Nc1ccc(CO)cc1. The summed E-state index contributed by atoms with van der Waals surface area (Å²) in [6.07, 6.45) is 1.49. The minimum absolute atomic E-state index is 0.0799. The molecule has 0 heterocycles. The Kier molecular flexibility index (Phi) is 5.01. The van der Waals surface area contributed by atoms with Gasteiger partial charge in [0.15, 0.2) is 0 Å². The first-order valence-electron chi connectivity index (χ1n) is 6.15. The van der Waals surface area contributed by atoms with Gasteiger partial charge in [-0.2, -0.15) is 0 Å². The van der Waals surface area contributed by atoms with Crippen molar-refractivity contribution in [2.45, 2.75) is 6.61 Å². The third-order valence-corrected chi connectivity index (χ3v) is 3.97. The first-order chi connectivity index (χ1) is 9.98. The largest absolute Gasteiger partial charge is 0.392 e. The molecule has 0 saturated carbocycles. The molecule has 2 N–H and O–H groups in total. The van der Waals surface area contributed by atoms with Crippen molar-refractivity contribution in [3.63, 3.8) is 0 Å². The molecule has 21 heavy (non-hydrogen) atoms. The minimum Gasteiger partial charge on any atom is -0.392 e. The fourth-order valence-corrected chi connectivity index (χ4v) is 2.61. The number of hydrogen-bond donors (Lipinski definition) is 2. The lowest BCUT2D eigenvalue weighted by Gasteiger charge is -2.05. The normalized spacial score (nSPS) is 11.7.